The van der Waals surface area contributed by atoms with Gasteiger partial charge in [-0.05, 0) is 12.1 Å². The van der Waals surface area contributed by atoms with Crippen LogP contribution < -0.4 is 0 Å². The predicted octanol–water partition coefficient (Wildman–Crippen LogP) is 2.82. The zero-order chi connectivity index (χ0) is 12.1. The Balaban J connectivity index is 2.78. The number of benzene rings is 1. The molecule has 1 aromatic carbocycles. The molecule has 86 valence electrons. The SMILES string of the molecule is O=C(O)CCSc1ccc(Cl)cc1[N+](=O)[O-]. The van der Waals surface area contributed by atoms with Crippen LogP contribution in [0.25, 0.3) is 0 Å². The van der Waals surface area contributed by atoms with Crippen LogP contribution in [0.3, 0.4) is 0 Å². The maximum Gasteiger partial charge on any atom is 0.304 e. The number of aliphatic carboxylic acids is 1. The van der Waals surface area contributed by atoms with Crippen molar-refractivity contribution in [1.29, 1.82) is 0 Å². The second-order valence-electron chi connectivity index (χ2n) is 2.86. The summed E-state index contributed by atoms with van der Waals surface area (Å²) in [5.74, 6) is -0.637. The molecule has 16 heavy (non-hydrogen) atoms. The molecule has 0 aliphatic rings. The Kier molecular flexibility index (Phi) is 4.57. The third kappa shape index (κ3) is 3.71. The van der Waals surface area contributed by atoms with Crippen LogP contribution in [0.1, 0.15) is 6.42 Å². The van der Waals surface area contributed by atoms with Gasteiger partial charge < -0.3 is 5.11 Å². The van der Waals surface area contributed by atoms with Gasteiger partial charge in [0.15, 0.2) is 0 Å². The Morgan fingerprint density at radius 2 is 2.25 bits per heavy atom. The molecule has 0 radical (unpaired) electrons. The van der Waals surface area contributed by atoms with E-state index >= 15 is 0 Å². The van der Waals surface area contributed by atoms with Crippen LogP contribution in [0.15, 0.2) is 23.1 Å². The molecule has 0 aliphatic carbocycles. The fourth-order valence-corrected chi connectivity index (χ4v) is 2.11. The number of nitro groups is 1. The lowest BCUT2D eigenvalue weighted by Crippen LogP contribution is -1.97. The molecular weight excluding hydrogens is 254 g/mol. The van der Waals surface area contributed by atoms with Crippen molar-refractivity contribution in [3.05, 3.63) is 33.3 Å². The number of halogens is 1. The van der Waals surface area contributed by atoms with Gasteiger partial charge in [-0.1, -0.05) is 11.6 Å². The number of hydrogen-bond donors (Lipinski definition) is 1. The van der Waals surface area contributed by atoms with Gasteiger partial charge in [-0.25, -0.2) is 0 Å². The average Bonchev–Trinajstić information content (AvgIpc) is 2.19. The van der Waals surface area contributed by atoms with E-state index in [1.54, 1.807) is 0 Å². The summed E-state index contributed by atoms with van der Waals surface area (Å²) >= 11 is 6.77. The van der Waals surface area contributed by atoms with Crippen LogP contribution in [0.2, 0.25) is 5.02 Å². The molecule has 0 spiro atoms. The third-order valence-electron chi connectivity index (χ3n) is 1.69. The molecule has 0 unspecified atom stereocenters. The summed E-state index contributed by atoms with van der Waals surface area (Å²) in [4.78, 5) is 20.9. The Labute approximate surface area is 101 Å². The fourth-order valence-electron chi connectivity index (χ4n) is 1.00. The van der Waals surface area contributed by atoms with Crippen LogP contribution in [-0.4, -0.2) is 21.8 Å². The standard InChI is InChI=1S/C9H8ClNO4S/c10-6-1-2-8(7(5-6)11(14)15)16-4-3-9(12)13/h1-2,5H,3-4H2,(H,12,13). The smallest absolute Gasteiger partial charge is 0.304 e. The number of rotatable bonds is 5. The van der Waals surface area contributed by atoms with Gasteiger partial charge >= 0.3 is 5.97 Å². The van der Waals surface area contributed by atoms with Crippen LogP contribution in [0.4, 0.5) is 5.69 Å². The molecule has 1 aromatic rings. The Hall–Kier alpha value is -1.27. The summed E-state index contributed by atoms with van der Waals surface area (Å²) in [6.45, 7) is 0. The number of carboxylic acid groups (broad SMARTS) is 1. The molecular formula is C9H8ClNO4S. The van der Waals surface area contributed by atoms with Crippen LogP contribution in [0, 0.1) is 10.1 Å². The minimum atomic E-state index is -0.927. The number of carboxylic acids is 1. The van der Waals surface area contributed by atoms with Crippen LogP contribution in [0.5, 0.6) is 0 Å². The first kappa shape index (κ1) is 12.8. The predicted molar refractivity (Wildman–Crippen MR) is 61.1 cm³/mol. The molecule has 0 fully saturated rings. The van der Waals surface area contributed by atoms with Gasteiger partial charge in [-0.3, -0.25) is 14.9 Å². The molecule has 0 heterocycles. The number of nitro benzene ring substituents is 1. The summed E-state index contributed by atoms with van der Waals surface area (Å²) < 4.78 is 0. The van der Waals surface area contributed by atoms with E-state index in [4.69, 9.17) is 16.7 Å². The highest BCUT2D eigenvalue weighted by Crippen LogP contribution is 2.31. The van der Waals surface area contributed by atoms with Gasteiger partial charge in [0.1, 0.15) is 0 Å². The molecule has 0 amide bonds. The highest BCUT2D eigenvalue weighted by atomic mass is 35.5. The topological polar surface area (TPSA) is 80.4 Å². The van der Waals surface area contributed by atoms with Gasteiger partial charge in [0, 0.05) is 16.8 Å². The minimum Gasteiger partial charge on any atom is -0.481 e. The van der Waals surface area contributed by atoms with Crippen LogP contribution >= 0.6 is 23.4 Å². The zero-order valence-corrected chi connectivity index (χ0v) is 9.62. The quantitative estimate of drug-likeness (QED) is 0.501. The third-order valence-corrected chi connectivity index (χ3v) is 2.99. The lowest BCUT2D eigenvalue weighted by atomic mass is 10.3. The number of carbonyl (C=O) groups is 1. The molecule has 0 aliphatic heterocycles. The largest absolute Gasteiger partial charge is 0.481 e. The van der Waals surface area contributed by atoms with Gasteiger partial charge in [-0.15, -0.1) is 11.8 Å². The van der Waals surface area contributed by atoms with Crippen molar-refractivity contribution in [3.63, 3.8) is 0 Å². The van der Waals surface area contributed by atoms with Crippen molar-refractivity contribution in [3.8, 4) is 0 Å². The van der Waals surface area contributed by atoms with E-state index in [1.165, 1.54) is 18.2 Å². The molecule has 0 atom stereocenters. The number of thioether (sulfide) groups is 1. The van der Waals surface area contributed by atoms with Crippen LogP contribution in [-0.2, 0) is 4.79 Å². The van der Waals surface area contributed by atoms with E-state index in [0.29, 0.717) is 4.90 Å². The molecule has 1 N–H and O–H groups in total. The van der Waals surface area contributed by atoms with Crippen molar-refractivity contribution in [2.75, 3.05) is 5.75 Å². The zero-order valence-electron chi connectivity index (χ0n) is 8.05. The first-order chi connectivity index (χ1) is 7.50. The number of hydrogen-bond acceptors (Lipinski definition) is 4. The van der Waals surface area contributed by atoms with Crippen molar-refractivity contribution in [2.24, 2.45) is 0 Å². The molecule has 0 aromatic heterocycles. The van der Waals surface area contributed by atoms with E-state index in [2.05, 4.69) is 0 Å². The molecule has 5 nitrogen and oxygen atoms in total. The normalized spacial score (nSPS) is 10.1. The fraction of sp³-hybridized carbons (Fsp3) is 0.222. The highest BCUT2D eigenvalue weighted by Gasteiger charge is 2.14. The maximum absolute atomic E-state index is 10.7. The summed E-state index contributed by atoms with van der Waals surface area (Å²) in [6, 6.07) is 4.31. The van der Waals surface area contributed by atoms with Crippen molar-refractivity contribution >= 4 is 35.0 Å². The van der Waals surface area contributed by atoms with Crippen molar-refractivity contribution in [2.45, 2.75) is 11.3 Å². The highest BCUT2D eigenvalue weighted by molar-refractivity contribution is 7.99. The van der Waals surface area contributed by atoms with E-state index in [0.717, 1.165) is 11.8 Å². The molecule has 7 heteroatoms. The van der Waals surface area contributed by atoms with Gasteiger partial charge in [0.2, 0.25) is 0 Å². The first-order valence-corrected chi connectivity index (χ1v) is 5.65. The lowest BCUT2D eigenvalue weighted by Gasteiger charge is -2.01. The molecule has 0 bridgehead atoms. The maximum atomic E-state index is 10.7. The lowest BCUT2D eigenvalue weighted by molar-refractivity contribution is -0.387. The minimum absolute atomic E-state index is 0.0373. The Bertz CT molecular complexity index is 424. The summed E-state index contributed by atoms with van der Waals surface area (Å²) in [5.41, 5.74) is -0.0945. The summed E-state index contributed by atoms with van der Waals surface area (Å²) in [5, 5.41) is 19.4. The van der Waals surface area contributed by atoms with Gasteiger partial charge in [0.25, 0.3) is 5.69 Å². The number of nitrogens with zero attached hydrogens (tertiary/aromatic N) is 1. The van der Waals surface area contributed by atoms with E-state index in [-0.39, 0.29) is 22.9 Å². The van der Waals surface area contributed by atoms with E-state index < -0.39 is 10.9 Å². The Morgan fingerprint density at radius 1 is 1.56 bits per heavy atom. The van der Waals surface area contributed by atoms with Crippen molar-refractivity contribution < 1.29 is 14.8 Å². The summed E-state index contributed by atoms with van der Waals surface area (Å²) in [7, 11) is 0. The van der Waals surface area contributed by atoms with Gasteiger partial charge in [0.05, 0.1) is 16.2 Å². The summed E-state index contributed by atoms with van der Waals surface area (Å²) in [6.07, 6.45) is -0.0373. The molecule has 0 saturated heterocycles. The molecule has 0 saturated carbocycles. The Morgan fingerprint density at radius 3 is 2.81 bits per heavy atom. The monoisotopic (exact) mass is 261 g/mol. The van der Waals surface area contributed by atoms with Gasteiger partial charge in [-0.2, -0.15) is 0 Å². The van der Waals surface area contributed by atoms with E-state index in [1.807, 2.05) is 0 Å². The van der Waals surface area contributed by atoms with Crippen molar-refractivity contribution in [1.82, 2.24) is 0 Å². The second-order valence-corrected chi connectivity index (χ2v) is 4.43. The average molecular weight is 262 g/mol. The van der Waals surface area contributed by atoms with E-state index in [9.17, 15) is 14.9 Å². The first-order valence-electron chi connectivity index (χ1n) is 4.29. The second kappa shape index (κ2) is 5.72. The molecule has 1 rings (SSSR count).